The predicted octanol–water partition coefficient (Wildman–Crippen LogP) is 6.19. The number of anilines is 1. The van der Waals surface area contributed by atoms with Gasteiger partial charge in [-0.05, 0) is 54.3 Å². The maximum atomic E-state index is 2.53. The van der Waals surface area contributed by atoms with Gasteiger partial charge < -0.3 is 4.90 Å². The van der Waals surface area contributed by atoms with Crippen molar-refractivity contribution in [3.05, 3.63) is 95.0 Å². The average molecular weight is 408 g/mol. The third-order valence-corrected chi connectivity index (χ3v) is 7.34. The van der Waals surface area contributed by atoms with Crippen LogP contribution < -0.4 is 9.47 Å². The third kappa shape index (κ3) is 2.77. The summed E-state index contributed by atoms with van der Waals surface area (Å²) in [6, 6.07) is 28.5. The first-order valence-electron chi connectivity index (χ1n) is 10.6. The molecule has 2 aliphatic heterocycles. The molecule has 3 heteroatoms. The molecule has 1 aromatic heterocycles. The summed E-state index contributed by atoms with van der Waals surface area (Å²) in [5.41, 5.74) is 7.95. The van der Waals surface area contributed by atoms with Crippen LogP contribution in [-0.2, 0) is 13.5 Å². The van der Waals surface area contributed by atoms with E-state index in [-0.39, 0.29) is 0 Å². The molecule has 4 aromatic rings. The van der Waals surface area contributed by atoms with E-state index in [2.05, 4.69) is 101 Å². The molecule has 0 saturated carbocycles. The maximum absolute atomic E-state index is 2.53. The minimum absolute atomic E-state index is 1.10. The molecule has 0 amide bonds. The molecule has 2 nitrogen and oxygen atoms in total. The third-order valence-electron chi connectivity index (χ3n) is 6.24. The minimum atomic E-state index is 1.10. The van der Waals surface area contributed by atoms with Crippen LogP contribution in [0, 0.1) is 0 Å². The first-order chi connectivity index (χ1) is 14.8. The highest BCUT2D eigenvalue weighted by Crippen LogP contribution is 2.50. The molecule has 30 heavy (non-hydrogen) atoms. The van der Waals surface area contributed by atoms with Crippen molar-refractivity contribution in [3.63, 3.8) is 0 Å². The van der Waals surface area contributed by atoms with Crippen LogP contribution in [0.1, 0.15) is 17.5 Å². The van der Waals surface area contributed by atoms with E-state index in [0.29, 0.717) is 0 Å². The van der Waals surface area contributed by atoms with Gasteiger partial charge in [-0.15, -0.1) is 0 Å². The Hall–Kier alpha value is -3.04. The molecule has 0 unspecified atom stereocenters. The van der Waals surface area contributed by atoms with Gasteiger partial charge in [-0.2, -0.15) is 4.57 Å². The Kier molecular flexibility index (Phi) is 4.17. The van der Waals surface area contributed by atoms with Gasteiger partial charge in [0.1, 0.15) is 7.05 Å². The fraction of sp³-hybridized carbons (Fsp3) is 0.148. The zero-order valence-corrected chi connectivity index (χ0v) is 17.8. The van der Waals surface area contributed by atoms with Crippen LogP contribution in [0.15, 0.2) is 88.8 Å². The van der Waals surface area contributed by atoms with Gasteiger partial charge >= 0.3 is 0 Å². The van der Waals surface area contributed by atoms with Gasteiger partial charge in [0.05, 0.1) is 16.1 Å². The van der Waals surface area contributed by atoms with Gasteiger partial charge in [-0.3, -0.25) is 0 Å². The van der Waals surface area contributed by atoms with E-state index in [1.165, 1.54) is 61.7 Å². The number of aromatic nitrogens is 1. The van der Waals surface area contributed by atoms with Gasteiger partial charge in [0.15, 0.2) is 0 Å². The Labute approximate surface area is 181 Å². The van der Waals surface area contributed by atoms with Crippen LogP contribution in [0.5, 0.6) is 0 Å². The van der Waals surface area contributed by atoms with E-state index >= 15 is 0 Å². The lowest BCUT2D eigenvalue weighted by Crippen LogP contribution is -2.32. The number of fused-ring (bicyclic) bond motifs is 1. The summed E-state index contributed by atoms with van der Waals surface area (Å²) in [5, 5.41) is 2.64. The van der Waals surface area contributed by atoms with E-state index in [9.17, 15) is 0 Å². The first-order valence-corrected chi connectivity index (χ1v) is 11.4. The van der Waals surface area contributed by atoms with Crippen molar-refractivity contribution in [2.75, 3.05) is 11.4 Å². The fourth-order valence-electron chi connectivity index (χ4n) is 4.79. The number of hydrogen-bond donors (Lipinski definition) is 0. The second-order valence-corrected chi connectivity index (χ2v) is 9.09. The summed E-state index contributed by atoms with van der Waals surface area (Å²) in [4.78, 5) is 3.93. The van der Waals surface area contributed by atoms with Crippen LogP contribution in [0.3, 0.4) is 0 Å². The Balaban J connectivity index is 1.55. The number of rotatable bonds is 2. The number of para-hydroxylation sites is 2. The average Bonchev–Trinajstić information content (AvgIpc) is 3.16. The zero-order chi connectivity index (χ0) is 20.1. The number of pyridine rings is 1. The highest BCUT2D eigenvalue weighted by molar-refractivity contribution is 8.03. The van der Waals surface area contributed by atoms with Crippen molar-refractivity contribution in [1.82, 2.24) is 0 Å². The highest BCUT2D eigenvalue weighted by Gasteiger charge is 2.30. The van der Waals surface area contributed by atoms with Crippen LogP contribution in [-0.4, -0.2) is 6.54 Å². The smallest absolute Gasteiger partial charge is 0.213 e. The molecule has 0 spiro atoms. The zero-order valence-electron chi connectivity index (χ0n) is 17.0. The van der Waals surface area contributed by atoms with Crippen LogP contribution in [0.2, 0.25) is 0 Å². The molecular weight excluding hydrogens is 384 g/mol. The molecular formula is C27H23N2S+. The maximum Gasteiger partial charge on any atom is 0.213 e. The Morgan fingerprint density at radius 3 is 2.67 bits per heavy atom. The molecule has 0 N–H and O–H groups in total. The summed E-state index contributed by atoms with van der Waals surface area (Å²) in [6.07, 6.45) is 4.80. The monoisotopic (exact) mass is 407 g/mol. The van der Waals surface area contributed by atoms with Crippen molar-refractivity contribution >= 4 is 34.4 Å². The lowest BCUT2D eigenvalue weighted by atomic mass is 10.0. The van der Waals surface area contributed by atoms with Crippen molar-refractivity contribution in [3.8, 4) is 11.3 Å². The molecule has 0 bridgehead atoms. The molecule has 3 heterocycles. The van der Waals surface area contributed by atoms with E-state index in [1.807, 2.05) is 11.8 Å². The normalized spacial score (nSPS) is 16.3. The van der Waals surface area contributed by atoms with Gasteiger partial charge in [0.25, 0.3) is 0 Å². The lowest BCUT2D eigenvalue weighted by molar-refractivity contribution is -0.633. The van der Waals surface area contributed by atoms with Gasteiger partial charge in [-0.25, -0.2) is 0 Å². The molecule has 6 rings (SSSR count). The number of benzene rings is 3. The van der Waals surface area contributed by atoms with Gasteiger partial charge in [0.2, 0.25) is 11.2 Å². The van der Waals surface area contributed by atoms with Gasteiger partial charge in [-0.1, -0.05) is 54.2 Å². The number of hydrogen-bond acceptors (Lipinski definition) is 2. The Morgan fingerprint density at radius 1 is 0.933 bits per heavy atom. The topological polar surface area (TPSA) is 7.12 Å². The van der Waals surface area contributed by atoms with Crippen molar-refractivity contribution in [2.24, 2.45) is 7.05 Å². The summed E-state index contributed by atoms with van der Waals surface area (Å²) in [6.45, 7) is 1.10. The van der Waals surface area contributed by atoms with E-state index in [0.717, 1.165) is 6.54 Å². The quantitative estimate of drug-likeness (QED) is 0.366. The van der Waals surface area contributed by atoms with Crippen LogP contribution in [0.4, 0.5) is 5.69 Å². The Morgan fingerprint density at radius 2 is 1.77 bits per heavy atom. The molecule has 0 aliphatic carbocycles. The summed E-state index contributed by atoms with van der Waals surface area (Å²) in [5.74, 6) is 0. The van der Waals surface area contributed by atoms with E-state index in [1.54, 1.807) is 0 Å². The highest BCUT2D eigenvalue weighted by atomic mass is 32.2. The summed E-state index contributed by atoms with van der Waals surface area (Å²) < 4.78 is 2.31. The summed E-state index contributed by atoms with van der Waals surface area (Å²) >= 11 is 1.91. The van der Waals surface area contributed by atoms with E-state index in [4.69, 9.17) is 0 Å². The minimum Gasteiger partial charge on any atom is -0.335 e. The second-order valence-electron chi connectivity index (χ2n) is 8.03. The fourth-order valence-corrected chi connectivity index (χ4v) is 5.98. The first kappa shape index (κ1) is 17.8. The molecule has 146 valence electrons. The van der Waals surface area contributed by atoms with Crippen molar-refractivity contribution < 1.29 is 4.57 Å². The molecule has 0 fully saturated rings. The second kappa shape index (κ2) is 7.03. The SMILES string of the molecule is C[n+]1c(-c2ccccc2)cc(C=C2Sc3cccc4c3N2CCC4)c2ccccc21. The number of aryl methyl sites for hydroxylation is 2. The molecule has 2 aliphatic rings. The molecule has 3 aromatic carbocycles. The number of nitrogens with zero attached hydrogens (tertiary/aromatic N) is 2. The standard InChI is InChI=1S/C27H23N2S/c1-28-23-14-6-5-13-22(23)21(17-24(28)19-9-3-2-4-10-19)18-26-29-16-8-12-20-11-7-15-25(30-26)27(20)29/h2-7,9-11,13-15,17-18H,8,12,16H2,1H3/q+1. The van der Waals surface area contributed by atoms with Crippen LogP contribution >= 0.6 is 11.8 Å². The summed E-state index contributed by atoms with van der Waals surface area (Å²) in [7, 11) is 2.17. The van der Waals surface area contributed by atoms with E-state index < -0.39 is 0 Å². The molecule has 0 saturated heterocycles. The predicted molar refractivity (Wildman–Crippen MR) is 127 cm³/mol. The van der Waals surface area contributed by atoms with Crippen molar-refractivity contribution in [2.45, 2.75) is 17.7 Å². The largest absolute Gasteiger partial charge is 0.335 e. The van der Waals surface area contributed by atoms with Gasteiger partial charge in [0, 0.05) is 29.1 Å². The molecule has 0 atom stereocenters. The van der Waals surface area contributed by atoms with Crippen LogP contribution in [0.25, 0.3) is 28.2 Å². The lowest BCUT2D eigenvalue weighted by Gasteiger charge is -2.27. The van der Waals surface area contributed by atoms with Crippen molar-refractivity contribution in [1.29, 1.82) is 0 Å². The molecule has 0 radical (unpaired) electrons. The number of thioether (sulfide) groups is 1. The Bertz CT molecular complexity index is 1310.